The van der Waals surface area contributed by atoms with Crippen LogP contribution in [0.25, 0.3) is 0 Å². The van der Waals surface area contributed by atoms with Gasteiger partial charge in [-0.3, -0.25) is 5.41 Å². The third-order valence-corrected chi connectivity index (χ3v) is 4.43. The number of aromatic nitrogens is 1. The van der Waals surface area contributed by atoms with Gasteiger partial charge in [-0.2, -0.15) is 0 Å². The van der Waals surface area contributed by atoms with E-state index in [1.807, 2.05) is 4.90 Å². The Labute approximate surface area is 113 Å². The van der Waals surface area contributed by atoms with Gasteiger partial charge in [-0.1, -0.05) is 0 Å². The van der Waals surface area contributed by atoms with E-state index in [1.165, 1.54) is 6.26 Å². The van der Waals surface area contributed by atoms with Crippen molar-refractivity contribution in [3.05, 3.63) is 18.3 Å². The molecule has 0 aromatic carbocycles. The van der Waals surface area contributed by atoms with E-state index in [1.54, 1.807) is 18.3 Å². The number of hydrogen-bond donors (Lipinski definition) is 2. The first-order valence-electron chi connectivity index (χ1n) is 6.13. The first-order chi connectivity index (χ1) is 8.89. The molecule has 3 N–H and O–H groups in total. The molecule has 1 fully saturated rings. The number of sulfone groups is 1. The smallest absolute Gasteiger partial charge is 0.179 e. The van der Waals surface area contributed by atoms with E-state index >= 15 is 0 Å². The number of pyridine rings is 1. The van der Waals surface area contributed by atoms with Crippen LogP contribution in [0, 0.1) is 11.3 Å². The molecule has 19 heavy (non-hydrogen) atoms. The third kappa shape index (κ3) is 3.04. The largest absolute Gasteiger partial charge is 0.387 e. The zero-order valence-corrected chi connectivity index (χ0v) is 11.7. The topological polar surface area (TPSA) is 100 Å². The molecule has 0 amide bonds. The molecular formula is C12H18N4O2S. The maximum atomic E-state index is 11.8. The van der Waals surface area contributed by atoms with E-state index in [4.69, 9.17) is 11.1 Å². The summed E-state index contributed by atoms with van der Waals surface area (Å²) in [5.41, 5.74) is 5.55. The van der Waals surface area contributed by atoms with Gasteiger partial charge in [-0.05, 0) is 25.0 Å². The second kappa shape index (κ2) is 5.16. The van der Waals surface area contributed by atoms with Crippen LogP contribution in [0.3, 0.4) is 0 Å². The highest BCUT2D eigenvalue weighted by Gasteiger charge is 2.26. The molecule has 0 saturated carbocycles. The van der Waals surface area contributed by atoms with Gasteiger partial charge in [0.05, 0.1) is 5.84 Å². The summed E-state index contributed by atoms with van der Waals surface area (Å²) in [6.07, 6.45) is 4.51. The van der Waals surface area contributed by atoms with Crippen molar-refractivity contribution in [1.82, 2.24) is 4.98 Å². The highest BCUT2D eigenvalue weighted by atomic mass is 32.2. The Morgan fingerprint density at radius 3 is 2.95 bits per heavy atom. The van der Waals surface area contributed by atoms with Crippen LogP contribution in [0.15, 0.2) is 23.2 Å². The van der Waals surface area contributed by atoms with Gasteiger partial charge in [0.25, 0.3) is 0 Å². The van der Waals surface area contributed by atoms with Crippen LogP contribution in [-0.2, 0) is 9.84 Å². The maximum Gasteiger partial charge on any atom is 0.179 e. The van der Waals surface area contributed by atoms with E-state index in [2.05, 4.69) is 4.98 Å². The number of piperidine rings is 1. The average molecular weight is 282 g/mol. The molecule has 104 valence electrons. The second-order valence-electron chi connectivity index (χ2n) is 4.84. The minimum Gasteiger partial charge on any atom is -0.387 e. The SMILES string of the molecule is CS(=O)(=O)c1cccnc1N1CCCC(C(=N)N)C1. The van der Waals surface area contributed by atoms with Gasteiger partial charge < -0.3 is 10.6 Å². The molecule has 1 saturated heterocycles. The molecular weight excluding hydrogens is 264 g/mol. The molecule has 0 radical (unpaired) electrons. The van der Waals surface area contributed by atoms with Crippen molar-refractivity contribution >= 4 is 21.5 Å². The Bertz CT molecular complexity index is 585. The fourth-order valence-electron chi connectivity index (χ4n) is 2.33. The van der Waals surface area contributed by atoms with Crippen LogP contribution in [0.1, 0.15) is 12.8 Å². The van der Waals surface area contributed by atoms with Gasteiger partial charge in [0.1, 0.15) is 10.7 Å². The summed E-state index contributed by atoms with van der Waals surface area (Å²) in [4.78, 5) is 6.34. The summed E-state index contributed by atoms with van der Waals surface area (Å²) in [5.74, 6) is 0.598. The first kappa shape index (κ1) is 13.8. The van der Waals surface area contributed by atoms with Gasteiger partial charge in [0.2, 0.25) is 0 Å². The van der Waals surface area contributed by atoms with E-state index in [-0.39, 0.29) is 16.6 Å². The molecule has 1 aliphatic rings. The summed E-state index contributed by atoms with van der Waals surface area (Å²) in [6, 6.07) is 3.18. The second-order valence-corrected chi connectivity index (χ2v) is 6.82. The van der Waals surface area contributed by atoms with Crippen LogP contribution in [0.2, 0.25) is 0 Å². The van der Waals surface area contributed by atoms with E-state index in [0.29, 0.717) is 12.4 Å². The standard InChI is InChI=1S/C12H18N4O2S/c1-19(17,18)10-5-2-6-15-12(10)16-7-3-4-9(8-16)11(13)14/h2,5-6,9H,3-4,7-8H2,1H3,(H3,13,14). The van der Waals surface area contributed by atoms with Crippen LogP contribution in [0.5, 0.6) is 0 Å². The highest BCUT2D eigenvalue weighted by molar-refractivity contribution is 7.90. The predicted molar refractivity (Wildman–Crippen MR) is 74.2 cm³/mol. The van der Waals surface area contributed by atoms with E-state index < -0.39 is 9.84 Å². The molecule has 1 atom stereocenters. The molecule has 1 aromatic heterocycles. The van der Waals surface area contributed by atoms with Crippen LogP contribution < -0.4 is 10.6 Å². The summed E-state index contributed by atoms with van der Waals surface area (Å²) in [7, 11) is -3.31. The van der Waals surface area contributed by atoms with Crippen molar-refractivity contribution in [3.63, 3.8) is 0 Å². The molecule has 0 aliphatic carbocycles. The lowest BCUT2D eigenvalue weighted by atomic mass is 9.97. The molecule has 6 nitrogen and oxygen atoms in total. The maximum absolute atomic E-state index is 11.8. The number of rotatable bonds is 3. The van der Waals surface area contributed by atoms with Gasteiger partial charge in [-0.15, -0.1) is 0 Å². The monoisotopic (exact) mass is 282 g/mol. The zero-order valence-electron chi connectivity index (χ0n) is 10.8. The lowest BCUT2D eigenvalue weighted by Gasteiger charge is -2.33. The molecule has 1 aliphatic heterocycles. The zero-order chi connectivity index (χ0) is 14.0. The van der Waals surface area contributed by atoms with Crippen LogP contribution >= 0.6 is 0 Å². The van der Waals surface area contributed by atoms with Crippen molar-refractivity contribution in [3.8, 4) is 0 Å². The van der Waals surface area contributed by atoms with Gasteiger partial charge in [0.15, 0.2) is 9.84 Å². The van der Waals surface area contributed by atoms with Crippen molar-refractivity contribution in [2.45, 2.75) is 17.7 Å². The molecule has 1 aromatic rings. The molecule has 2 rings (SSSR count). The minimum atomic E-state index is -3.31. The summed E-state index contributed by atoms with van der Waals surface area (Å²) in [6.45, 7) is 1.29. The Morgan fingerprint density at radius 1 is 1.58 bits per heavy atom. The molecule has 2 heterocycles. The third-order valence-electron chi connectivity index (χ3n) is 3.31. The fourth-order valence-corrected chi connectivity index (χ4v) is 3.17. The first-order valence-corrected chi connectivity index (χ1v) is 8.02. The Morgan fingerprint density at radius 2 is 2.32 bits per heavy atom. The highest BCUT2D eigenvalue weighted by Crippen LogP contribution is 2.27. The summed E-state index contributed by atoms with van der Waals surface area (Å²) >= 11 is 0. The fraction of sp³-hybridized carbons (Fsp3) is 0.500. The molecule has 1 unspecified atom stereocenters. The van der Waals surface area contributed by atoms with Gasteiger partial charge in [-0.25, -0.2) is 13.4 Å². The average Bonchev–Trinajstić information content (AvgIpc) is 2.38. The van der Waals surface area contributed by atoms with Crippen molar-refractivity contribution < 1.29 is 8.42 Å². The number of amidine groups is 1. The van der Waals surface area contributed by atoms with E-state index in [0.717, 1.165) is 19.4 Å². The van der Waals surface area contributed by atoms with E-state index in [9.17, 15) is 8.42 Å². The lowest BCUT2D eigenvalue weighted by molar-refractivity contribution is 0.497. The van der Waals surface area contributed by atoms with Crippen molar-refractivity contribution in [1.29, 1.82) is 5.41 Å². The number of nitrogens with one attached hydrogen (secondary N) is 1. The lowest BCUT2D eigenvalue weighted by Crippen LogP contribution is -2.41. The summed E-state index contributed by atoms with van der Waals surface area (Å²) < 4.78 is 23.6. The Hall–Kier alpha value is -1.63. The minimum absolute atomic E-state index is 0.0248. The van der Waals surface area contributed by atoms with Gasteiger partial charge >= 0.3 is 0 Å². The number of hydrogen-bond acceptors (Lipinski definition) is 5. The molecule has 0 spiro atoms. The van der Waals surface area contributed by atoms with Crippen LogP contribution in [0.4, 0.5) is 5.82 Å². The predicted octanol–water partition coefficient (Wildman–Crippen LogP) is 0.637. The normalized spacial score (nSPS) is 20.3. The number of nitrogens with two attached hydrogens (primary N) is 1. The van der Waals surface area contributed by atoms with Gasteiger partial charge in [0, 0.05) is 31.5 Å². The summed E-state index contributed by atoms with van der Waals surface area (Å²) in [5, 5.41) is 7.53. The molecule has 0 bridgehead atoms. The van der Waals surface area contributed by atoms with Crippen molar-refractivity contribution in [2.75, 3.05) is 24.2 Å². The number of nitrogens with zero attached hydrogens (tertiary/aromatic N) is 2. The number of anilines is 1. The van der Waals surface area contributed by atoms with Crippen LogP contribution in [-0.4, -0.2) is 38.6 Å². The Kier molecular flexibility index (Phi) is 3.75. The van der Waals surface area contributed by atoms with Crippen molar-refractivity contribution in [2.24, 2.45) is 11.7 Å². The Balaban J connectivity index is 2.34. The molecule has 7 heteroatoms. The quantitative estimate of drug-likeness (QED) is 0.626.